The van der Waals surface area contributed by atoms with E-state index in [1.54, 1.807) is 19.4 Å². The molecule has 4 heteroatoms. The summed E-state index contributed by atoms with van der Waals surface area (Å²) in [5.74, 6) is -0.209. The molecule has 0 unspecified atom stereocenters. The molecule has 1 aromatic carbocycles. The van der Waals surface area contributed by atoms with Crippen molar-refractivity contribution in [2.75, 3.05) is 7.11 Å². The first-order valence-corrected chi connectivity index (χ1v) is 5.46. The van der Waals surface area contributed by atoms with Crippen LogP contribution in [0.3, 0.4) is 0 Å². The van der Waals surface area contributed by atoms with Crippen molar-refractivity contribution in [3.05, 3.63) is 47.8 Å². The number of aromatic nitrogens is 1. The van der Waals surface area contributed by atoms with Crippen molar-refractivity contribution in [1.82, 2.24) is 4.98 Å². The van der Waals surface area contributed by atoms with E-state index in [4.69, 9.17) is 9.84 Å². The van der Waals surface area contributed by atoms with Gasteiger partial charge in [0.25, 0.3) is 0 Å². The topological polar surface area (TPSA) is 59.4 Å². The first kappa shape index (κ1) is 12.1. The lowest BCUT2D eigenvalue weighted by atomic mass is 9.98. The highest BCUT2D eigenvalue weighted by atomic mass is 16.5. The fraction of sp³-hybridized carbons (Fsp3) is 0.143. The van der Waals surface area contributed by atoms with Gasteiger partial charge in [-0.2, -0.15) is 0 Å². The maximum absolute atomic E-state index is 11.2. The summed E-state index contributed by atoms with van der Waals surface area (Å²) in [7, 11) is 1.60. The summed E-state index contributed by atoms with van der Waals surface area (Å²) >= 11 is 0. The molecule has 4 nitrogen and oxygen atoms in total. The van der Waals surface area contributed by atoms with E-state index in [0.29, 0.717) is 5.56 Å². The highest BCUT2D eigenvalue weighted by molar-refractivity contribution is 5.96. The van der Waals surface area contributed by atoms with E-state index in [1.807, 2.05) is 19.1 Å². The van der Waals surface area contributed by atoms with Crippen molar-refractivity contribution < 1.29 is 14.6 Å². The Morgan fingerprint density at radius 2 is 2.06 bits per heavy atom. The molecule has 0 saturated heterocycles. The number of hydrogen-bond acceptors (Lipinski definition) is 3. The van der Waals surface area contributed by atoms with E-state index in [1.165, 1.54) is 12.3 Å². The minimum Gasteiger partial charge on any atom is -0.497 e. The van der Waals surface area contributed by atoms with Crippen LogP contribution < -0.4 is 4.74 Å². The van der Waals surface area contributed by atoms with Gasteiger partial charge in [-0.25, -0.2) is 4.79 Å². The lowest BCUT2D eigenvalue weighted by Crippen LogP contribution is -2.00. The highest BCUT2D eigenvalue weighted by Crippen LogP contribution is 2.28. The molecule has 0 saturated carbocycles. The van der Waals surface area contributed by atoms with Crippen molar-refractivity contribution >= 4 is 5.97 Å². The molecule has 1 heterocycles. The molecule has 0 spiro atoms. The minimum atomic E-state index is -0.956. The Hall–Kier alpha value is -2.36. The van der Waals surface area contributed by atoms with E-state index >= 15 is 0 Å². The summed E-state index contributed by atoms with van der Waals surface area (Å²) in [6.07, 6.45) is 3.05. The SMILES string of the molecule is COc1ccc(-c2cnccc2C(=O)O)c(C)c1. The standard InChI is InChI=1S/C14H13NO3/c1-9-7-10(18-2)3-4-11(9)13-8-15-6-5-12(13)14(16)17/h3-8H,1-2H3,(H,16,17). The molecule has 0 atom stereocenters. The van der Waals surface area contributed by atoms with Crippen LogP contribution in [-0.2, 0) is 0 Å². The van der Waals surface area contributed by atoms with Gasteiger partial charge >= 0.3 is 5.97 Å². The average molecular weight is 243 g/mol. The summed E-state index contributed by atoms with van der Waals surface area (Å²) in [6.45, 7) is 1.91. The molecule has 0 fully saturated rings. The second kappa shape index (κ2) is 4.87. The van der Waals surface area contributed by atoms with Crippen LogP contribution in [0.15, 0.2) is 36.7 Å². The molecule has 1 aromatic heterocycles. The quantitative estimate of drug-likeness (QED) is 0.900. The number of aromatic carboxylic acids is 1. The van der Waals surface area contributed by atoms with Gasteiger partial charge in [0.1, 0.15) is 5.75 Å². The number of carboxylic acids is 1. The number of benzene rings is 1. The summed E-state index contributed by atoms with van der Waals surface area (Å²) < 4.78 is 5.13. The smallest absolute Gasteiger partial charge is 0.336 e. The Balaban J connectivity index is 2.59. The van der Waals surface area contributed by atoms with E-state index < -0.39 is 5.97 Å². The Bertz CT molecular complexity index is 593. The summed E-state index contributed by atoms with van der Waals surface area (Å²) in [5.41, 5.74) is 2.66. The van der Waals surface area contributed by atoms with Crippen LogP contribution in [0.4, 0.5) is 0 Å². The Morgan fingerprint density at radius 3 is 2.67 bits per heavy atom. The summed E-state index contributed by atoms with van der Waals surface area (Å²) in [5, 5.41) is 9.17. The van der Waals surface area contributed by atoms with Gasteiger partial charge < -0.3 is 9.84 Å². The van der Waals surface area contributed by atoms with Crippen molar-refractivity contribution in [1.29, 1.82) is 0 Å². The predicted octanol–water partition coefficient (Wildman–Crippen LogP) is 2.76. The lowest BCUT2D eigenvalue weighted by molar-refractivity contribution is 0.0697. The zero-order chi connectivity index (χ0) is 13.1. The van der Waals surface area contributed by atoms with Crippen LogP contribution in [0.25, 0.3) is 11.1 Å². The maximum atomic E-state index is 11.2. The number of carboxylic acid groups (broad SMARTS) is 1. The second-order valence-corrected chi connectivity index (χ2v) is 3.91. The number of rotatable bonds is 3. The molecule has 0 radical (unpaired) electrons. The zero-order valence-corrected chi connectivity index (χ0v) is 10.2. The molecular formula is C14H13NO3. The molecule has 0 aliphatic rings. The van der Waals surface area contributed by atoms with Crippen molar-refractivity contribution in [2.24, 2.45) is 0 Å². The largest absolute Gasteiger partial charge is 0.497 e. The first-order valence-electron chi connectivity index (χ1n) is 5.46. The van der Waals surface area contributed by atoms with Crippen LogP contribution in [0.2, 0.25) is 0 Å². The zero-order valence-electron chi connectivity index (χ0n) is 10.2. The number of methoxy groups -OCH3 is 1. The van der Waals surface area contributed by atoms with Crippen LogP contribution >= 0.6 is 0 Å². The van der Waals surface area contributed by atoms with Gasteiger partial charge in [0.05, 0.1) is 12.7 Å². The van der Waals surface area contributed by atoms with Gasteiger partial charge in [-0.05, 0) is 36.2 Å². The van der Waals surface area contributed by atoms with Crippen LogP contribution in [0, 0.1) is 6.92 Å². The summed E-state index contributed by atoms with van der Waals surface area (Å²) in [6, 6.07) is 7.02. The fourth-order valence-corrected chi connectivity index (χ4v) is 1.86. The third kappa shape index (κ3) is 2.18. The maximum Gasteiger partial charge on any atom is 0.336 e. The van der Waals surface area contributed by atoms with Gasteiger partial charge in [-0.15, -0.1) is 0 Å². The Morgan fingerprint density at radius 1 is 1.28 bits per heavy atom. The fourth-order valence-electron chi connectivity index (χ4n) is 1.86. The van der Waals surface area contributed by atoms with Crippen LogP contribution in [0.5, 0.6) is 5.75 Å². The Labute approximate surface area is 105 Å². The number of pyridine rings is 1. The lowest BCUT2D eigenvalue weighted by Gasteiger charge is -2.10. The average Bonchev–Trinajstić information content (AvgIpc) is 2.38. The number of aryl methyl sites for hydroxylation is 1. The van der Waals surface area contributed by atoms with Crippen molar-refractivity contribution in [3.8, 4) is 16.9 Å². The number of ether oxygens (including phenoxy) is 1. The molecular weight excluding hydrogens is 230 g/mol. The Kier molecular flexibility index (Phi) is 3.28. The third-order valence-electron chi connectivity index (χ3n) is 2.78. The molecule has 0 aliphatic heterocycles. The molecule has 1 N–H and O–H groups in total. The van der Waals surface area contributed by atoms with Gasteiger partial charge in [-0.3, -0.25) is 4.98 Å². The monoisotopic (exact) mass is 243 g/mol. The van der Waals surface area contributed by atoms with E-state index in [2.05, 4.69) is 4.98 Å². The number of carbonyl (C=O) groups is 1. The van der Waals surface area contributed by atoms with Gasteiger partial charge in [-0.1, -0.05) is 6.07 Å². The third-order valence-corrected chi connectivity index (χ3v) is 2.78. The summed E-state index contributed by atoms with van der Waals surface area (Å²) in [4.78, 5) is 15.2. The van der Waals surface area contributed by atoms with Crippen LogP contribution in [-0.4, -0.2) is 23.2 Å². The second-order valence-electron chi connectivity index (χ2n) is 3.91. The molecule has 0 amide bonds. The molecule has 2 rings (SSSR count). The van der Waals surface area contributed by atoms with Crippen molar-refractivity contribution in [2.45, 2.75) is 6.92 Å². The molecule has 18 heavy (non-hydrogen) atoms. The van der Waals surface area contributed by atoms with E-state index in [-0.39, 0.29) is 5.56 Å². The van der Waals surface area contributed by atoms with Crippen LogP contribution in [0.1, 0.15) is 15.9 Å². The van der Waals surface area contributed by atoms with Gasteiger partial charge in [0.2, 0.25) is 0 Å². The first-order chi connectivity index (χ1) is 8.63. The van der Waals surface area contributed by atoms with Gasteiger partial charge in [0, 0.05) is 18.0 Å². The van der Waals surface area contributed by atoms with Gasteiger partial charge in [0.15, 0.2) is 0 Å². The molecule has 0 aliphatic carbocycles. The number of hydrogen-bond donors (Lipinski definition) is 1. The van der Waals surface area contributed by atoms with E-state index in [0.717, 1.165) is 16.9 Å². The normalized spacial score (nSPS) is 10.1. The van der Waals surface area contributed by atoms with E-state index in [9.17, 15) is 4.79 Å². The molecule has 92 valence electrons. The molecule has 2 aromatic rings. The molecule has 0 bridgehead atoms. The van der Waals surface area contributed by atoms with Crippen molar-refractivity contribution in [3.63, 3.8) is 0 Å². The predicted molar refractivity (Wildman–Crippen MR) is 67.9 cm³/mol. The number of nitrogens with zero attached hydrogens (tertiary/aromatic N) is 1. The minimum absolute atomic E-state index is 0.248. The highest BCUT2D eigenvalue weighted by Gasteiger charge is 2.13.